The largest absolute Gasteiger partial charge is 0.379 e. The minimum Gasteiger partial charge on any atom is -0.379 e. The van der Waals surface area contributed by atoms with Crippen LogP contribution in [0.3, 0.4) is 0 Å². The molecule has 14 heavy (non-hydrogen) atoms. The Balaban J connectivity index is 2.70. The van der Waals surface area contributed by atoms with Crippen molar-refractivity contribution in [3.05, 3.63) is 0 Å². The third-order valence-electron chi connectivity index (χ3n) is 1.79. The summed E-state index contributed by atoms with van der Waals surface area (Å²) < 4.78 is 29.6. The topological polar surface area (TPSA) is 46.6 Å². The molecule has 0 unspecified atom stereocenters. The number of rotatable bonds is 1. The lowest BCUT2D eigenvalue weighted by atomic mass is 10.2. The molecule has 0 aromatic carbocycles. The third kappa shape index (κ3) is 3.29. The molecule has 0 spiro atoms. The predicted octanol–water partition coefficient (Wildman–Crippen LogP) is 0.265. The Morgan fingerprint density at radius 3 is 2.36 bits per heavy atom. The van der Waals surface area contributed by atoms with Gasteiger partial charge in [-0.05, 0) is 0 Å². The smallest absolute Gasteiger partial charge is 0.283 e. The summed E-state index contributed by atoms with van der Waals surface area (Å²) in [5.74, 6) is 2.74. The van der Waals surface area contributed by atoms with Gasteiger partial charge in [-0.1, -0.05) is 19.8 Å². The number of morpholine rings is 1. The molecule has 0 aromatic heterocycles. The summed E-state index contributed by atoms with van der Waals surface area (Å²) in [6, 6.07) is 0. The second-order valence-corrected chi connectivity index (χ2v) is 5.09. The summed E-state index contributed by atoms with van der Waals surface area (Å²) in [5.41, 5.74) is 0. The minimum atomic E-state index is -3.39. The van der Waals surface area contributed by atoms with E-state index in [1.165, 1.54) is 4.31 Å². The third-order valence-corrected chi connectivity index (χ3v) is 3.21. The zero-order valence-electron chi connectivity index (χ0n) is 8.49. The van der Waals surface area contributed by atoms with E-state index in [0.29, 0.717) is 26.3 Å². The normalized spacial score (nSPS) is 19.1. The second-order valence-electron chi connectivity index (χ2n) is 3.42. The lowest BCUT2D eigenvalue weighted by molar-refractivity contribution is 0.0737. The molecule has 4 nitrogen and oxygen atoms in total. The van der Waals surface area contributed by atoms with Gasteiger partial charge < -0.3 is 4.74 Å². The standard InChI is InChI=1S/C9H15NO3S/c1-9(2)3-8-14(11,12)10-4-6-13-7-5-10/h9H,4-7H2,1-2H3. The first-order valence-corrected chi connectivity index (χ1v) is 6.06. The lowest BCUT2D eigenvalue weighted by Gasteiger charge is -2.23. The monoisotopic (exact) mass is 217 g/mol. The fraction of sp³-hybridized carbons (Fsp3) is 0.778. The first-order valence-electron chi connectivity index (χ1n) is 4.62. The van der Waals surface area contributed by atoms with Crippen molar-refractivity contribution in [1.82, 2.24) is 4.31 Å². The molecule has 0 radical (unpaired) electrons. The Kier molecular flexibility index (Phi) is 3.93. The van der Waals surface area contributed by atoms with Crippen LogP contribution in [0.4, 0.5) is 0 Å². The Morgan fingerprint density at radius 2 is 1.86 bits per heavy atom. The van der Waals surface area contributed by atoms with Crippen LogP contribution in [0.15, 0.2) is 0 Å². The SMILES string of the molecule is CC(C)C#CS(=O)(=O)N1CCOCC1. The van der Waals surface area contributed by atoms with Gasteiger partial charge in [0.2, 0.25) is 0 Å². The van der Waals surface area contributed by atoms with E-state index in [4.69, 9.17) is 4.74 Å². The van der Waals surface area contributed by atoms with Gasteiger partial charge in [0, 0.05) is 24.3 Å². The van der Waals surface area contributed by atoms with Crippen molar-refractivity contribution in [2.75, 3.05) is 26.3 Å². The fourth-order valence-corrected chi connectivity index (χ4v) is 2.19. The van der Waals surface area contributed by atoms with Crippen LogP contribution in [0.25, 0.3) is 0 Å². The molecule has 1 aliphatic heterocycles. The minimum absolute atomic E-state index is 0.0748. The lowest BCUT2D eigenvalue weighted by Crippen LogP contribution is -2.39. The zero-order chi connectivity index (χ0) is 10.6. The summed E-state index contributed by atoms with van der Waals surface area (Å²) in [7, 11) is -3.39. The summed E-state index contributed by atoms with van der Waals surface area (Å²) in [5, 5.41) is 2.32. The molecule has 0 bridgehead atoms. The second kappa shape index (κ2) is 4.78. The van der Waals surface area contributed by atoms with Gasteiger partial charge in [0.05, 0.1) is 13.2 Å². The molecule has 5 heteroatoms. The van der Waals surface area contributed by atoms with Crippen molar-refractivity contribution in [1.29, 1.82) is 0 Å². The Hall–Kier alpha value is -0.570. The first-order chi connectivity index (χ1) is 6.52. The molecule has 1 aliphatic rings. The molecule has 1 saturated heterocycles. The van der Waals surface area contributed by atoms with E-state index in [0.717, 1.165) is 0 Å². The fourth-order valence-electron chi connectivity index (χ4n) is 1.04. The van der Waals surface area contributed by atoms with E-state index in [1.807, 2.05) is 13.8 Å². The molecule has 80 valence electrons. The van der Waals surface area contributed by atoms with Crippen molar-refractivity contribution < 1.29 is 13.2 Å². The molecular weight excluding hydrogens is 202 g/mol. The van der Waals surface area contributed by atoms with E-state index < -0.39 is 10.0 Å². The summed E-state index contributed by atoms with van der Waals surface area (Å²) in [6.07, 6.45) is 0. The molecule has 0 N–H and O–H groups in total. The number of sulfonamides is 1. The molecular formula is C9H15NO3S. The highest BCUT2D eigenvalue weighted by Crippen LogP contribution is 2.04. The Morgan fingerprint density at radius 1 is 1.29 bits per heavy atom. The van der Waals surface area contributed by atoms with E-state index in [-0.39, 0.29) is 5.92 Å². The van der Waals surface area contributed by atoms with Crippen molar-refractivity contribution in [2.45, 2.75) is 13.8 Å². The Bertz CT molecular complexity index is 331. The zero-order valence-corrected chi connectivity index (χ0v) is 9.30. The highest BCUT2D eigenvalue weighted by atomic mass is 32.2. The maximum Gasteiger partial charge on any atom is 0.283 e. The van der Waals surface area contributed by atoms with Gasteiger partial charge in [-0.3, -0.25) is 0 Å². The van der Waals surface area contributed by atoms with Crippen LogP contribution in [0.2, 0.25) is 0 Å². The van der Waals surface area contributed by atoms with Crippen LogP contribution in [0, 0.1) is 17.1 Å². The molecule has 1 fully saturated rings. The summed E-state index contributed by atoms with van der Waals surface area (Å²) >= 11 is 0. The number of ether oxygens (including phenoxy) is 1. The molecule has 1 heterocycles. The average molecular weight is 217 g/mol. The number of hydrogen-bond acceptors (Lipinski definition) is 3. The maximum atomic E-state index is 11.6. The van der Waals surface area contributed by atoms with Crippen molar-refractivity contribution in [3.8, 4) is 11.2 Å². The van der Waals surface area contributed by atoms with Crippen LogP contribution in [0.1, 0.15) is 13.8 Å². The maximum absolute atomic E-state index is 11.6. The highest BCUT2D eigenvalue weighted by Gasteiger charge is 2.21. The van der Waals surface area contributed by atoms with Crippen LogP contribution in [0.5, 0.6) is 0 Å². The average Bonchev–Trinajstić information content (AvgIpc) is 2.16. The van der Waals surface area contributed by atoms with Crippen LogP contribution < -0.4 is 0 Å². The van der Waals surface area contributed by atoms with Gasteiger partial charge in [-0.2, -0.15) is 12.7 Å². The molecule has 0 atom stereocenters. The predicted molar refractivity (Wildman–Crippen MR) is 53.9 cm³/mol. The van der Waals surface area contributed by atoms with Crippen LogP contribution in [-0.4, -0.2) is 39.0 Å². The summed E-state index contributed by atoms with van der Waals surface area (Å²) in [6.45, 7) is 5.47. The summed E-state index contributed by atoms with van der Waals surface area (Å²) in [4.78, 5) is 0. The quantitative estimate of drug-likeness (QED) is 0.592. The van der Waals surface area contributed by atoms with Crippen LogP contribution >= 0.6 is 0 Å². The Labute approximate surface area is 85.3 Å². The molecule has 1 rings (SSSR count). The van der Waals surface area contributed by atoms with E-state index in [2.05, 4.69) is 11.2 Å². The van der Waals surface area contributed by atoms with E-state index in [9.17, 15) is 8.42 Å². The molecule has 0 aliphatic carbocycles. The number of hydrogen-bond donors (Lipinski definition) is 0. The van der Waals surface area contributed by atoms with Gasteiger partial charge in [0.15, 0.2) is 0 Å². The number of nitrogens with zero attached hydrogens (tertiary/aromatic N) is 1. The van der Waals surface area contributed by atoms with Crippen molar-refractivity contribution in [2.24, 2.45) is 5.92 Å². The van der Waals surface area contributed by atoms with Gasteiger partial charge in [-0.25, -0.2) is 0 Å². The molecule has 0 saturated carbocycles. The van der Waals surface area contributed by atoms with Crippen LogP contribution in [-0.2, 0) is 14.8 Å². The van der Waals surface area contributed by atoms with Gasteiger partial charge in [0.25, 0.3) is 10.0 Å². The van der Waals surface area contributed by atoms with E-state index in [1.54, 1.807) is 0 Å². The van der Waals surface area contributed by atoms with Gasteiger partial charge >= 0.3 is 0 Å². The first kappa shape index (κ1) is 11.5. The van der Waals surface area contributed by atoms with E-state index >= 15 is 0 Å². The van der Waals surface area contributed by atoms with Gasteiger partial charge in [-0.15, -0.1) is 0 Å². The van der Waals surface area contributed by atoms with Crippen molar-refractivity contribution >= 4 is 10.0 Å². The van der Waals surface area contributed by atoms with Gasteiger partial charge in [0.1, 0.15) is 0 Å². The van der Waals surface area contributed by atoms with Crippen molar-refractivity contribution in [3.63, 3.8) is 0 Å². The molecule has 0 aromatic rings. The molecule has 0 amide bonds. The highest BCUT2D eigenvalue weighted by molar-refractivity contribution is 7.93.